The van der Waals surface area contributed by atoms with Crippen LogP contribution in [0.25, 0.3) is 0 Å². The lowest BCUT2D eigenvalue weighted by molar-refractivity contribution is 0.0302. The SMILES string of the molecule is CCNC(=NCC(O)c1cccc(OC(C)C)c1)NCCN(C)C(=O)OC(C)(C)C.I. The Balaban J connectivity index is 0.00000900. The van der Waals surface area contributed by atoms with Crippen molar-refractivity contribution in [3.8, 4) is 5.75 Å². The van der Waals surface area contributed by atoms with Crippen molar-refractivity contribution in [1.82, 2.24) is 15.5 Å². The number of carbonyl (C=O) groups is 1. The molecule has 0 saturated heterocycles. The number of nitrogens with zero attached hydrogens (tertiary/aromatic N) is 2. The molecule has 9 heteroatoms. The number of hydrogen-bond donors (Lipinski definition) is 3. The second-order valence-corrected chi connectivity index (χ2v) is 8.30. The number of aliphatic hydroxyl groups is 1. The lowest BCUT2D eigenvalue weighted by Crippen LogP contribution is -2.43. The Bertz CT molecular complexity index is 692. The lowest BCUT2D eigenvalue weighted by atomic mass is 10.1. The second-order valence-electron chi connectivity index (χ2n) is 8.30. The number of guanidine groups is 1. The Morgan fingerprint density at radius 1 is 1.26 bits per heavy atom. The van der Waals surface area contributed by atoms with Crippen LogP contribution >= 0.6 is 24.0 Å². The molecule has 31 heavy (non-hydrogen) atoms. The summed E-state index contributed by atoms with van der Waals surface area (Å²) in [6.45, 7) is 13.2. The standard InChI is InChI=1S/C22H38N4O4.HI/c1-8-23-20(24-12-13-26(7)21(28)30-22(4,5)6)25-15-19(27)17-10-9-11-18(14-17)29-16(2)3;/h9-11,14,16,19,27H,8,12-13,15H2,1-7H3,(H2,23,24,25);1H. The Morgan fingerprint density at radius 3 is 2.52 bits per heavy atom. The third-order valence-electron chi connectivity index (χ3n) is 3.83. The van der Waals surface area contributed by atoms with E-state index in [-0.39, 0.29) is 42.7 Å². The number of amides is 1. The van der Waals surface area contributed by atoms with Gasteiger partial charge in [-0.15, -0.1) is 24.0 Å². The molecule has 1 aromatic carbocycles. The molecule has 0 bridgehead atoms. The van der Waals surface area contributed by atoms with Crippen LogP contribution < -0.4 is 15.4 Å². The topological polar surface area (TPSA) is 95.4 Å². The number of carbonyl (C=O) groups excluding carboxylic acids is 1. The maximum absolute atomic E-state index is 12.0. The molecule has 0 heterocycles. The number of benzene rings is 1. The molecule has 8 nitrogen and oxygen atoms in total. The summed E-state index contributed by atoms with van der Waals surface area (Å²) in [6, 6.07) is 7.40. The molecule has 0 aliphatic rings. The van der Waals surface area contributed by atoms with Gasteiger partial charge >= 0.3 is 6.09 Å². The van der Waals surface area contributed by atoms with Crippen LogP contribution in [0.3, 0.4) is 0 Å². The Labute approximate surface area is 203 Å². The summed E-state index contributed by atoms with van der Waals surface area (Å²) < 4.78 is 11.0. The van der Waals surface area contributed by atoms with Gasteiger partial charge in [0.1, 0.15) is 11.4 Å². The van der Waals surface area contributed by atoms with Crippen LogP contribution in [0.4, 0.5) is 4.79 Å². The highest BCUT2D eigenvalue weighted by molar-refractivity contribution is 14.0. The maximum atomic E-state index is 12.0. The van der Waals surface area contributed by atoms with Crippen molar-refractivity contribution >= 4 is 36.0 Å². The zero-order chi connectivity index (χ0) is 22.7. The Kier molecular flexibility index (Phi) is 13.5. The van der Waals surface area contributed by atoms with Gasteiger partial charge in [-0.05, 0) is 59.2 Å². The highest BCUT2D eigenvalue weighted by atomic mass is 127. The van der Waals surface area contributed by atoms with Gasteiger partial charge in [0.15, 0.2) is 5.96 Å². The van der Waals surface area contributed by atoms with Crippen molar-refractivity contribution in [3.63, 3.8) is 0 Å². The summed E-state index contributed by atoms with van der Waals surface area (Å²) in [5, 5.41) is 16.8. The third kappa shape index (κ3) is 12.6. The smallest absolute Gasteiger partial charge is 0.410 e. The average molecular weight is 550 g/mol. The molecule has 0 saturated carbocycles. The van der Waals surface area contributed by atoms with Gasteiger partial charge in [0.2, 0.25) is 0 Å². The van der Waals surface area contributed by atoms with Gasteiger partial charge in [0.05, 0.1) is 18.8 Å². The molecule has 0 spiro atoms. The van der Waals surface area contributed by atoms with Crippen molar-refractivity contribution in [3.05, 3.63) is 29.8 Å². The monoisotopic (exact) mass is 550 g/mol. The molecule has 1 atom stereocenters. The van der Waals surface area contributed by atoms with E-state index in [4.69, 9.17) is 9.47 Å². The quantitative estimate of drug-likeness (QED) is 0.247. The van der Waals surface area contributed by atoms with Gasteiger partial charge in [-0.3, -0.25) is 4.99 Å². The van der Waals surface area contributed by atoms with Crippen molar-refractivity contribution < 1.29 is 19.4 Å². The number of halogens is 1. The Morgan fingerprint density at radius 2 is 1.94 bits per heavy atom. The van der Waals surface area contributed by atoms with Crippen LogP contribution in [0.15, 0.2) is 29.3 Å². The first-order valence-corrected chi connectivity index (χ1v) is 10.4. The molecule has 0 radical (unpaired) electrons. The summed E-state index contributed by atoms with van der Waals surface area (Å²) in [6.07, 6.45) is -1.05. The van der Waals surface area contributed by atoms with Crippen molar-refractivity contribution in [2.45, 2.75) is 59.4 Å². The minimum Gasteiger partial charge on any atom is -0.491 e. The number of ether oxygens (including phenoxy) is 2. The number of hydrogen-bond acceptors (Lipinski definition) is 5. The van der Waals surface area contributed by atoms with Crippen molar-refractivity contribution in [2.75, 3.05) is 33.2 Å². The first kappa shape index (κ1) is 29.2. The molecule has 1 amide bonds. The number of rotatable bonds is 9. The maximum Gasteiger partial charge on any atom is 0.410 e. The van der Waals surface area contributed by atoms with E-state index in [0.717, 1.165) is 11.3 Å². The Hall–Kier alpha value is -1.75. The van der Waals surface area contributed by atoms with Gasteiger partial charge < -0.3 is 30.1 Å². The van der Waals surface area contributed by atoms with Crippen LogP contribution in [0.1, 0.15) is 53.2 Å². The lowest BCUT2D eigenvalue weighted by Gasteiger charge is -2.25. The van der Waals surface area contributed by atoms with Gasteiger partial charge in [-0.2, -0.15) is 0 Å². The molecule has 0 fully saturated rings. The molecular weight excluding hydrogens is 511 g/mol. The number of likely N-dealkylation sites (N-methyl/N-ethyl adjacent to an activating group) is 1. The summed E-state index contributed by atoms with van der Waals surface area (Å²) in [5.41, 5.74) is 0.223. The first-order valence-electron chi connectivity index (χ1n) is 10.4. The van der Waals surface area contributed by atoms with E-state index in [1.165, 1.54) is 4.90 Å². The largest absolute Gasteiger partial charge is 0.491 e. The predicted octanol–water partition coefficient (Wildman–Crippen LogP) is 3.55. The van der Waals surface area contributed by atoms with Crippen LogP contribution in [0, 0.1) is 0 Å². The molecule has 3 N–H and O–H groups in total. The minimum absolute atomic E-state index is 0. The van der Waals surface area contributed by atoms with E-state index in [1.807, 2.05) is 65.8 Å². The second kappa shape index (κ2) is 14.3. The first-order chi connectivity index (χ1) is 14.0. The zero-order valence-electron chi connectivity index (χ0n) is 19.8. The molecule has 178 valence electrons. The van der Waals surface area contributed by atoms with E-state index in [2.05, 4.69) is 15.6 Å². The van der Waals surface area contributed by atoms with Crippen molar-refractivity contribution in [2.24, 2.45) is 4.99 Å². The highest BCUT2D eigenvalue weighted by Gasteiger charge is 2.19. The van der Waals surface area contributed by atoms with Gasteiger partial charge in [0.25, 0.3) is 0 Å². The van der Waals surface area contributed by atoms with E-state index in [1.54, 1.807) is 7.05 Å². The van der Waals surface area contributed by atoms with Crippen LogP contribution in [-0.4, -0.2) is 67.0 Å². The third-order valence-corrected chi connectivity index (χ3v) is 3.83. The fourth-order valence-electron chi connectivity index (χ4n) is 2.47. The highest BCUT2D eigenvalue weighted by Crippen LogP contribution is 2.20. The van der Waals surface area contributed by atoms with E-state index in [9.17, 15) is 9.90 Å². The number of nitrogens with one attached hydrogen (secondary N) is 2. The zero-order valence-corrected chi connectivity index (χ0v) is 22.1. The summed E-state index contributed by atoms with van der Waals surface area (Å²) in [5.74, 6) is 1.30. The summed E-state index contributed by atoms with van der Waals surface area (Å²) in [7, 11) is 1.69. The van der Waals surface area contributed by atoms with Gasteiger partial charge in [-0.25, -0.2) is 4.79 Å². The molecule has 1 rings (SSSR count). The molecule has 1 aromatic rings. The van der Waals surface area contributed by atoms with Crippen LogP contribution in [-0.2, 0) is 4.74 Å². The molecule has 0 aliphatic carbocycles. The van der Waals surface area contributed by atoms with Gasteiger partial charge in [0, 0.05) is 26.7 Å². The fraction of sp³-hybridized carbons (Fsp3) is 0.636. The molecule has 0 aliphatic heterocycles. The number of aliphatic imine (C=N–C) groups is 1. The number of aliphatic hydroxyl groups excluding tert-OH is 1. The van der Waals surface area contributed by atoms with E-state index < -0.39 is 11.7 Å². The van der Waals surface area contributed by atoms with Crippen LogP contribution in [0.2, 0.25) is 0 Å². The van der Waals surface area contributed by atoms with Crippen LogP contribution in [0.5, 0.6) is 5.75 Å². The average Bonchev–Trinajstić information content (AvgIpc) is 2.64. The summed E-state index contributed by atoms with van der Waals surface area (Å²) >= 11 is 0. The molecular formula is C22H39IN4O4. The normalized spacial score (nSPS) is 12.6. The molecule has 1 unspecified atom stereocenters. The van der Waals surface area contributed by atoms with E-state index >= 15 is 0 Å². The summed E-state index contributed by atoms with van der Waals surface area (Å²) in [4.78, 5) is 18.0. The van der Waals surface area contributed by atoms with Crippen molar-refractivity contribution in [1.29, 1.82) is 0 Å². The molecule has 0 aromatic heterocycles. The van der Waals surface area contributed by atoms with Gasteiger partial charge in [-0.1, -0.05) is 12.1 Å². The minimum atomic E-state index is -0.749. The van der Waals surface area contributed by atoms with E-state index in [0.29, 0.717) is 25.6 Å². The predicted molar refractivity (Wildman–Crippen MR) is 135 cm³/mol. The fourth-order valence-corrected chi connectivity index (χ4v) is 2.47.